The largest absolute Gasteiger partial charge is 0.417 e. The lowest BCUT2D eigenvalue weighted by atomic mass is 10.1. The number of aromatic nitrogens is 3. The fourth-order valence-electron chi connectivity index (χ4n) is 2.72. The molecule has 2 aromatic heterocycles. The van der Waals surface area contributed by atoms with Crippen molar-refractivity contribution < 1.29 is 17.6 Å². The van der Waals surface area contributed by atoms with E-state index in [0.717, 1.165) is 25.8 Å². The van der Waals surface area contributed by atoms with Gasteiger partial charge in [-0.2, -0.15) is 8.78 Å². The van der Waals surface area contributed by atoms with Crippen molar-refractivity contribution in [2.45, 2.75) is 31.6 Å². The van der Waals surface area contributed by atoms with Crippen LogP contribution in [0.2, 0.25) is 0 Å². The van der Waals surface area contributed by atoms with Crippen LogP contribution in [0.4, 0.5) is 13.2 Å². The summed E-state index contributed by atoms with van der Waals surface area (Å²) in [6.07, 6.45) is 2.75. The molecule has 5 nitrogen and oxygen atoms in total. The molecule has 0 saturated heterocycles. The van der Waals surface area contributed by atoms with Crippen LogP contribution >= 0.6 is 0 Å². The van der Waals surface area contributed by atoms with Crippen molar-refractivity contribution in [3.63, 3.8) is 0 Å². The van der Waals surface area contributed by atoms with Crippen molar-refractivity contribution in [2.75, 3.05) is 0 Å². The van der Waals surface area contributed by atoms with Gasteiger partial charge >= 0.3 is 5.76 Å². The number of hydrogen-bond donors (Lipinski definition) is 1. The average Bonchev–Trinajstić information content (AvgIpc) is 3.28. The van der Waals surface area contributed by atoms with E-state index in [1.807, 2.05) is 0 Å². The maximum atomic E-state index is 13.8. The normalized spacial score (nSPS) is 15.2. The van der Waals surface area contributed by atoms with Crippen molar-refractivity contribution in [1.29, 1.82) is 0 Å². The molecule has 0 amide bonds. The van der Waals surface area contributed by atoms with Crippen LogP contribution in [0.3, 0.4) is 0 Å². The summed E-state index contributed by atoms with van der Waals surface area (Å²) in [5, 5.41) is 0. The molecule has 0 spiro atoms. The Labute approximate surface area is 133 Å². The number of aromatic amines is 1. The van der Waals surface area contributed by atoms with Crippen LogP contribution in [0.15, 0.2) is 27.5 Å². The fraction of sp³-hybridized carbons (Fsp3) is 0.312. The minimum Gasteiger partial charge on any atom is -0.407 e. The van der Waals surface area contributed by atoms with E-state index in [4.69, 9.17) is 4.42 Å². The molecule has 0 aliphatic heterocycles. The Morgan fingerprint density at radius 2 is 2.08 bits per heavy atom. The highest BCUT2D eigenvalue weighted by atomic mass is 19.3. The van der Waals surface area contributed by atoms with Gasteiger partial charge in [0.1, 0.15) is 11.2 Å². The molecule has 1 aliphatic rings. The van der Waals surface area contributed by atoms with E-state index in [-0.39, 0.29) is 34.1 Å². The van der Waals surface area contributed by atoms with E-state index in [2.05, 4.69) is 15.0 Å². The number of fused-ring (bicyclic) bond motifs is 1. The van der Waals surface area contributed by atoms with Crippen molar-refractivity contribution in [1.82, 2.24) is 15.0 Å². The van der Waals surface area contributed by atoms with Crippen LogP contribution in [0, 0.1) is 5.82 Å². The van der Waals surface area contributed by atoms with Gasteiger partial charge in [0.05, 0.1) is 17.6 Å². The summed E-state index contributed by atoms with van der Waals surface area (Å²) in [4.78, 5) is 21.8. The zero-order valence-electron chi connectivity index (χ0n) is 12.6. The molecule has 0 bridgehead atoms. The molecule has 24 heavy (non-hydrogen) atoms. The number of oxazole rings is 1. The maximum absolute atomic E-state index is 13.8. The second kappa shape index (κ2) is 4.93. The van der Waals surface area contributed by atoms with Crippen molar-refractivity contribution in [2.24, 2.45) is 0 Å². The molecule has 3 aromatic rings. The molecule has 0 radical (unpaired) electrons. The Bertz CT molecular complexity index is 1000. The van der Waals surface area contributed by atoms with E-state index < -0.39 is 17.5 Å². The third-order valence-corrected chi connectivity index (χ3v) is 3.98. The minimum atomic E-state index is -3.10. The highest BCUT2D eigenvalue weighted by Crippen LogP contribution is 2.44. The third-order valence-electron chi connectivity index (χ3n) is 3.98. The molecule has 1 aromatic carbocycles. The first kappa shape index (κ1) is 14.9. The van der Waals surface area contributed by atoms with Gasteiger partial charge < -0.3 is 4.42 Å². The first-order valence-electron chi connectivity index (χ1n) is 7.41. The number of halogens is 3. The fourth-order valence-corrected chi connectivity index (χ4v) is 2.72. The molecule has 0 atom stereocenters. The van der Waals surface area contributed by atoms with E-state index in [0.29, 0.717) is 5.56 Å². The van der Waals surface area contributed by atoms with Crippen molar-refractivity contribution in [3.05, 3.63) is 46.1 Å². The zero-order chi connectivity index (χ0) is 17.1. The smallest absolute Gasteiger partial charge is 0.407 e. The Morgan fingerprint density at radius 1 is 1.33 bits per heavy atom. The van der Waals surface area contributed by atoms with Crippen molar-refractivity contribution >= 4 is 11.1 Å². The van der Waals surface area contributed by atoms with Gasteiger partial charge in [-0.25, -0.2) is 14.2 Å². The van der Waals surface area contributed by atoms with Crippen LogP contribution < -0.4 is 5.76 Å². The quantitative estimate of drug-likeness (QED) is 0.792. The van der Waals surface area contributed by atoms with Gasteiger partial charge in [0.2, 0.25) is 0 Å². The molecule has 4 rings (SSSR count). The summed E-state index contributed by atoms with van der Waals surface area (Å²) < 4.78 is 46.2. The highest BCUT2D eigenvalue weighted by molar-refractivity contribution is 5.89. The molecular weight excluding hydrogens is 323 g/mol. The van der Waals surface area contributed by atoms with E-state index in [1.165, 1.54) is 12.3 Å². The Morgan fingerprint density at radius 3 is 2.75 bits per heavy atom. The predicted molar refractivity (Wildman–Crippen MR) is 79.4 cm³/mol. The molecule has 8 heteroatoms. The summed E-state index contributed by atoms with van der Waals surface area (Å²) in [7, 11) is 0. The lowest BCUT2D eigenvalue weighted by molar-refractivity contribution is 0.0113. The number of rotatable bonds is 3. The van der Waals surface area contributed by atoms with Crippen LogP contribution in [0.25, 0.3) is 22.4 Å². The standard InChI is InChI=1S/C16H12F3N3O2/c1-16(18,19)14-11(7-2-3-7)21-10(6-20-14)8-4-5-9(17)12-13(8)24-15(23)22-12/h4-7H,2-3H2,1H3,(H,22,23). The molecule has 1 fully saturated rings. The van der Waals surface area contributed by atoms with Crippen molar-refractivity contribution in [3.8, 4) is 11.3 Å². The van der Waals surface area contributed by atoms with Gasteiger partial charge in [-0.3, -0.25) is 9.97 Å². The molecule has 1 saturated carbocycles. The summed E-state index contributed by atoms with van der Waals surface area (Å²) in [5.74, 6) is -4.59. The summed E-state index contributed by atoms with van der Waals surface area (Å²) in [6.45, 7) is 0.782. The second-order valence-corrected chi connectivity index (χ2v) is 5.97. The Kier molecular flexibility index (Phi) is 3.06. The molecular formula is C16H12F3N3O2. The van der Waals surface area contributed by atoms with Gasteiger partial charge in [-0.1, -0.05) is 0 Å². The molecule has 2 heterocycles. The number of alkyl halides is 2. The lowest BCUT2D eigenvalue weighted by Crippen LogP contribution is -2.15. The Hall–Kier alpha value is -2.64. The van der Waals surface area contributed by atoms with Gasteiger partial charge in [0, 0.05) is 18.4 Å². The van der Waals surface area contributed by atoms with Gasteiger partial charge in [0.25, 0.3) is 5.92 Å². The number of nitrogens with zero attached hydrogens (tertiary/aromatic N) is 2. The topological polar surface area (TPSA) is 71.8 Å². The van der Waals surface area contributed by atoms with E-state index >= 15 is 0 Å². The number of benzene rings is 1. The first-order valence-corrected chi connectivity index (χ1v) is 7.41. The number of H-pyrrole nitrogens is 1. The zero-order valence-corrected chi connectivity index (χ0v) is 12.6. The molecule has 0 unspecified atom stereocenters. The second-order valence-electron chi connectivity index (χ2n) is 5.97. The summed E-state index contributed by atoms with van der Waals surface area (Å²) in [6, 6.07) is 2.54. The number of hydrogen-bond acceptors (Lipinski definition) is 4. The van der Waals surface area contributed by atoms with Crippen LogP contribution in [-0.2, 0) is 5.92 Å². The molecule has 1 aliphatic carbocycles. The average molecular weight is 335 g/mol. The Balaban J connectivity index is 1.93. The van der Waals surface area contributed by atoms with Gasteiger partial charge in [-0.15, -0.1) is 0 Å². The van der Waals surface area contributed by atoms with E-state index in [9.17, 15) is 18.0 Å². The summed E-state index contributed by atoms with van der Waals surface area (Å²) in [5.41, 5.74) is 0.393. The predicted octanol–water partition coefficient (Wildman–Crippen LogP) is 3.71. The SMILES string of the molecule is CC(F)(F)c1ncc(-c2ccc(F)c3[nH]c(=O)oc23)nc1C1CC1. The minimum absolute atomic E-state index is 0.00736. The number of nitrogens with one attached hydrogen (secondary N) is 1. The van der Waals surface area contributed by atoms with Crippen LogP contribution in [-0.4, -0.2) is 15.0 Å². The first-order chi connectivity index (χ1) is 11.3. The van der Waals surface area contributed by atoms with Crippen LogP contribution in [0.5, 0.6) is 0 Å². The maximum Gasteiger partial charge on any atom is 0.417 e. The van der Waals surface area contributed by atoms with Gasteiger partial charge in [0.15, 0.2) is 11.4 Å². The molecule has 124 valence electrons. The molecule has 1 N–H and O–H groups in total. The third kappa shape index (κ3) is 2.38. The monoisotopic (exact) mass is 335 g/mol. The summed E-state index contributed by atoms with van der Waals surface area (Å²) >= 11 is 0. The van der Waals surface area contributed by atoms with Crippen LogP contribution in [0.1, 0.15) is 37.1 Å². The van der Waals surface area contributed by atoms with Gasteiger partial charge in [-0.05, 0) is 25.0 Å². The lowest BCUT2D eigenvalue weighted by Gasteiger charge is -2.14. The van der Waals surface area contributed by atoms with E-state index in [1.54, 1.807) is 0 Å². The highest BCUT2D eigenvalue weighted by Gasteiger charge is 2.37.